The topological polar surface area (TPSA) is 73.3 Å². The molecule has 0 aliphatic heterocycles. The zero-order chi connectivity index (χ0) is 15.2. The van der Waals surface area contributed by atoms with Crippen LogP contribution in [0.1, 0.15) is 5.69 Å². The Balaban J connectivity index is 1.63. The Kier molecular flexibility index (Phi) is 4.36. The highest BCUT2D eigenvalue weighted by molar-refractivity contribution is 5.54. The summed E-state index contributed by atoms with van der Waals surface area (Å²) in [6.07, 6.45) is 2.32. The summed E-state index contributed by atoms with van der Waals surface area (Å²) in [5.74, 6) is 1.58. The molecular weight excluding hydrogens is 278 g/mol. The number of ether oxygens (including phenoxy) is 1. The van der Waals surface area contributed by atoms with E-state index in [1.54, 1.807) is 6.26 Å². The van der Waals surface area contributed by atoms with E-state index in [1.807, 2.05) is 54.6 Å². The first-order valence-corrected chi connectivity index (χ1v) is 7.08. The second-order valence-electron chi connectivity index (χ2n) is 4.75. The number of nitrogens with zero attached hydrogens (tertiary/aromatic N) is 1. The molecule has 0 aliphatic carbocycles. The first-order valence-electron chi connectivity index (χ1n) is 7.08. The van der Waals surface area contributed by atoms with Crippen molar-refractivity contribution < 1.29 is 9.15 Å². The molecule has 5 heteroatoms. The smallest absolute Gasteiger partial charge is 0.299 e. The number of nitrogens with two attached hydrogens (primary N) is 1. The minimum absolute atomic E-state index is 0.458. The van der Waals surface area contributed by atoms with Crippen molar-refractivity contribution in [3.63, 3.8) is 0 Å². The molecule has 0 atom stereocenters. The molecule has 112 valence electrons. The van der Waals surface area contributed by atoms with Gasteiger partial charge in [-0.25, -0.2) is 0 Å². The average molecular weight is 295 g/mol. The van der Waals surface area contributed by atoms with Crippen LogP contribution >= 0.6 is 0 Å². The third-order valence-corrected chi connectivity index (χ3v) is 3.04. The van der Waals surface area contributed by atoms with Crippen LogP contribution in [-0.2, 0) is 6.42 Å². The standard InChI is InChI=1S/C17H17N3O2/c18-11-10-14-12-21-17(20-14)19-13-6-8-16(9-7-13)22-15-4-2-1-3-5-15/h1-9,12H,10-11,18H2,(H,19,20). The number of hydrogen-bond donors (Lipinski definition) is 2. The average Bonchev–Trinajstić information content (AvgIpc) is 2.98. The largest absolute Gasteiger partial charge is 0.457 e. The summed E-state index contributed by atoms with van der Waals surface area (Å²) in [4.78, 5) is 4.30. The van der Waals surface area contributed by atoms with Crippen molar-refractivity contribution in [1.29, 1.82) is 0 Å². The van der Waals surface area contributed by atoms with E-state index in [2.05, 4.69) is 10.3 Å². The lowest BCUT2D eigenvalue weighted by atomic mass is 10.3. The van der Waals surface area contributed by atoms with Gasteiger partial charge in [-0.3, -0.25) is 0 Å². The number of rotatable bonds is 6. The van der Waals surface area contributed by atoms with Gasteiger partial charge >= 0.3 is 0 Å². The van der Waals surface area contributed by atoms with Gasteiger partial charge in [0, 0.05) is 12.1 Å². The van der Waals surface area contributed by atoms with Gasteiger partial charge < -0.3 is 20.2 Å². The number of para-hydroxylation sites is 1. The second kappa shape index (κ2) is 6.78. The van der Waals surface area contributed by atoms with Gasteiger partial charge in [0.25, 0.3) is 6.01 Å². The third-order valence-electron chi connectivity index (χ3n) is 3.04. The Bertz CT molecular complexity index is 708. The van der Waals surface area contributed by atoms with Crippen LogP contribution in [0.4, 0.5) is 11.7 Å². The van der Waals surface area contributed by atoms with E-state index in [0.717, 1.165) is 22.9 Å². The Hall–Kier alpha value is -2.79. The van der Waals surface area contributed by atoms with Crippen LogP contribution in [0.15, 0.2) is 65.3 Å². The number of nitrogens with one attached hydrogen (secondary N) is 1. The van der Waals surface area contributed by atoms with Gasteiger partial charge in [-0.2, -0.15) is 4.98 Å². The molecule has 0 saturated carbocycles. The molecule has 0 spiro atoms. The number of oxazole rings is 1. The van der Waals surface area contributed by atoms with Crippen molar-refractivity contribution in [2.75, 3.05) is 11.9 Å². The highest BCUT2D eigenvalue weighted by atomic mass is 16.5. The molecule has 3 aromatic rings. The number of anilines is 2. The molecule has 0 unspecified atom stereocenters. The normalized spacial score (nSPS) is 10.4. The van der Waals surface area contributed by atoms with Crippen LogP contribution in [0.3, 0.4) is 0 Å². The molecule has 3 rings (SSSR count). The minimum atomic E-state index is 0.458. The molecule has 0 fully saturated rings. The van der Waals surface area contributed by atoms with Crippen molar-refractivity contribution >= 4 is 11.7 Å². The van der Waals surface area contributed by atoms with Crippen molar-refractivity contribution in [3.05, 3.63) is 66.6 Å². The van der Waals surface area contributed by atoms with E-state index in [9.17, 15) is 0 Å². The van der Waals surface area contributed by atoms with E-state index in [0.29, 0.717) is 19.0 Å². The van der Waals surface area contributed by atoms with Crippen LogP contribution in [0.2, 0.25) is 0 Å². The molecule has 22 heavy (non-hydrogen) atoms. The summed E-state index contributed by atoms with van der Waals surface area (Å²) in [6, 6.07) is 17.7. The highest BCUT2D eigenvalue weighted by Gasteiger charge is 2.04. The van der Waals surface area contributed by atoms with Crippen molar-refractivity contribution in [2.45, 2.75) is 6.42 Å². The third kappa shape index (κ3) is 3.65. The predicted octanol–water partition coefficient (Wildman–Crippen LogP) is 3.71. The maximum Gasteiger partial charge on any atom is 0.299 e. The van der Waals surface area contributed by atoms with Gasteiger partial charge in [-0.15, -0.1) is 0 Å². The lowest BCUT2D eigenvalue weighted by Crippen LogP contribution is -2.02. The molecule has 1 heterocycles. The molecule has 2 aromatic carbocycles. The summed E-state index contributed by atoms with van der Waals surface area (Å²) in [6.45, 7) is 0.553. The van der Waals surface area contributed by atoms with Crippen molar-refractivity contribution in [3.8, 4) is 11.5 Å². The monoisotopic (exact) mass is 295 g/mol. The summed E-state index contributed by atoms with van der Waals surface area (Å²) in [5, 5.41) is 3.10. The van der Waals surface area contributed by atoms with Gasteiger partial charge in [0.05, 0.1) is 5.69 Å². The molecule has 0 amide bonds. The molecular formula is C17H17N3O2. The van der Waals surface area contributed by atoms with Gasteiger partial charge in [0.15, 0.2) is 0 Å². The summed E-state index contributed by atoms with van der Waals surface area (Å²) in [5.41, 5.74) is 7.20. The predicted molar refractivity (Wildman–Crippen MR) is 85.5 cm³/mol. The quantitative estimate of drug-likeness (QED) is 0.725. The number of hydrogen-bond acceptors (Lipinski definition) is 5. The van der Waals surface area contributed by atoms with Gasteiger partial charge in [-0.1, -0.05) is 18.2 Å². The summed E-state index contributed by atoms with van der Waals surface area (Å²) >= 11 is 0. The Morgan fingerprint density at radius 1 is 1.00 bits per heavy atom. The van der Waals surface area contributed by atoms with Gasteiger partial charge in [-0.05, 0) is 42.9 Å². The minimum Gasteiger partial charge on any atom is -0.457 e. The van der Waals surface area contributed by atoms with Crippen LogP contribution in [-0.4, -0.2) is 11.5 Å². The van der Waals surface area contributed by atoms with Crippen LogP contribution < -0.4 is 15.8 Å². The number of benzene rings is 2. The first-order chi connectivity index (χ1) is 10.8. The SMILES string of the molecule is NCCc1coc(Nc2ccc(Oc3ccccc3)cc2)n1. The number of aromatic nitrogens is 1. The Morgan fingerprint density at radius 3 is 2.45 bits per heavy atom. The van der Waals surface area contributed by atoms with Crippen LogP contribution in [0, 0.1) is 0 Å². The highest BCUT2D eigenvalue weighted by Crippen LogP contribution is 2.24. The van der Waals surface area contributed by atoms with E-state index in [1.165, 1.54) is 0 Å². The maximum absolute atomic E-state index is 5.74. The molecule has 0 saturated heterocycles. The molecule has 1 aromatic heterocycles. The molecule has 0 aliphatic rings. The van der Waals surface area contributed by atoms with Gasteiger partial charge in [0.2, 0.25) is 0 Å². The molecule has 0 bridgehead atoms. The first kappa shape index (κ1) is 14.2. The zero-order valence-corrected chi connectivity index (χ0v) is 12.0. The fourth-order valence-corrected chi connectivity index (χ4v) is 1.98. The van der Waals surface area contributed by atoms with E-state index in [-0.39, 0.29) is 0 Å². The molecule has 0 radical (unpaired) electrons. The van der Waals surface area contributed by atoms with Gasteiger partial charge in [0.1, 0.15) is 17.8 Å². The van der Waals surface area contributed by atoms with Crippen molar-refractivity contribution in [2.24, 2.45) is 5.73 Å². The van der Waals surface area contributed by atoms with E-state index in [4.69, 9.17) is 14.9 Å². The zero-order valence-electron chi connectivity index (χ0n) is 12.0. The summed E-state index contributed by atoms with van der Waals surface area (Å²) in [7, 11) is 0. The lowest BCUT2D eigenvalue weighted by Gasteiger charge is -2.06. The second-order valence-corrected chi connectivity index (χ2v) is 4.75. The van der Waals surface area contributed by atoms with Crippen molar-refractivity contribution in [1.82, 2.24) is 4.98 Å². The fourth-order valence-electron chi connectivity index (χ4n) is 1.98. The Labute approximate surface area is 128 Å². The molecule has 5 nitrogen and oxygen atoms in total. The van der Waals surface area contributed by atoms with Crippen LogP contribution in [0.5, 0.6) is 11.5 Å². The van der Waals surface area contributed by atoms with Crippen LogP contribution in [0.25, 0.3) is 0 Å². The van der Waals surface area contributed by atoms with E-state index >= 15 is 0 Å². The van der Waals surface area contributed by atoms with E-state index < -0.39 is 0 Å². The lowest BCUT2D eigenvalue weighted by molar-refractivity contribution is 0.483. The Morgan fingerprint density at radius 2 is 1.73 bits per heavy atom. The maximum atomic E-state index is 5.74. The summed E-state index contributed by atoms with van der Waals surface area (Å²) < 4.78 is 11.1. The molecule has 3 N–H and O–H groups in total. The fraction of sp³-hybridized carbons (Fsp3) is 0.118.